The molecule has 0 saturated carbocycles. The summed E-state index contributed by atoms with van der Waals surface area (Å²) < 4.78 is 0. The Balaban J connectivity index is 0.00000196. The van der Waals surface area contributed by atoms with Gasteiger partial charge in [0.1, 0.15) is 12.1 Å². The van der Waals surface area contributed by atoms with Crippen molar-refractivity contribution in [2.75, 3.05) is 4.90 Å². The van der Waals surface area contributed by atoms with Crippen LogP contribution in [0.5, 0.6) is 0 Å². The Morgan fingerprint density at radius 3 is 2.19 bits per heavy atom. The molecule has 1 heterocycles. The summed E-state index contributed by atoms with van der Waals surface area (Å²) in [7, 11) is 0. The van der Waals surface area contributed by atoms with Crippen LogP contribution in [0, 0.1) is 0 Å². The van der Waals surface area contributed by atoms with Gasteiger partial charge in [0.15, 0.2) is 0 Å². The standard InChI is InChI=1S/C22H19N3.ClH/c1-2-6-18(7-3-1)15-25(22-12-13-23-17-24-22)16-19-10-11-20-8-4-5-9-21(20)14-19;/h1-14,17H,15-16H2;1H. The fraction of sp³-hybridized carbons (Fsp3) is 0.0909. The van der Waals surface area contributed by atoms with E-state index in [9.17, 15) is 0 Å². The van der Waals surface area contributed by atoms with Gasteiger partial charge in [0.2, 0.25) is 0 Å². The maximum Gasteiger partial charge on any atom is 0.132 e. The molecule has 0 bridgehead atoms. The summed E-state index contributed by atoms with van der Waals surface area (Å²) in [4.78, 5) is 10.8. The van der Waals surface area contributed by atoms with Crippen LogP contribution in [0.1, 0.15) is 11.1 Å². The van der Waals surface area contributed by atoms with Gasteiger partial charge in [0, 0.05) is 19.3 Å². The summed E-state index contributed by atoms with van der Waals surface area (Å²) in [6, 6.07) is 27.5. The first-order chi connectivity index (χ1) is 12.4. The van der Waals surface area contributed by atoms with Crippen molar-refractivity contribution in [2.45, 2.75) is 13.1 Å². The van der Waals surface area contributed by atoms with Gasteiger partial charge >= 0.3 is 0 Å². The Bertz CT molecular complexity index is 958. The Labute approximate surface area is 159 Å². The third kappa shape index (κ3) is 4.19. The number of hydrogen-bond acceptors (Lipinski definition) is 3. The lowest BCUT2D eigenvalue weighted by molar-refractivity contribution is 0.781. The van der Waals surface area contributed by atoms with Crippen molar-refractivity contribution >= 4 is 29.0 Å². The molecule has 130 valence electrons. The number of anilines is 1. The molecule has 26 heavy (non-hydrogen) atoms. The first-order valence-electron chi connectivity index (χ1n) is 8.41. The van der Waals surface area contributed by atoms with E-state index in [0.29, 0.717) is 0 Å². The average Bonchev–Trinajstić information content (AvgIpc) is 2.69. The molecule has 0 aliphatic heterocycles. The molecule has 4 heteroatoms. The predicted octanol–water partition coefficient (Wildman–Crippen LogP) is 5.26. The summed E-state index contributed by atoms with van der Waals surface area (Å²) in [6.45, 7) is 1.61. The van der Waals surface area contributed by atoms with Gasteiger partial charge in [-0.1, -0.05) is 66.7 Å². The monoisotopic (exact) mass is 361 g/mol. The smallest absolute Gasteiger partial charge is 0.132 e. The lowest BCUT2D eigenvalue weighted by Crippen LogP contribution is -2.23. The molecule has 0 spiro atoms. The second-order valence-electron chi connectivity index (χ2n) is 6.09. The normalized spacial score (nSPS) is 10.3. The molecule has 4 aromatic rings. The molecule has 0 aliphatic carbocycles. The highest BCUT2D eigenvalue weighted by molar-refractivity contribution is 5.85. The van der Waals surface area contributed by atoms with Gasteiger partial charge in [0.05, 0.1) is 0 Å². The van der Waals surface area contributed by atoms with Gasteiger partial charge < -0.3 is 4.90 Å². The zero-order valence-electron chi connectivity index (χ0n) is 14.3. The van der Waals surface area contributed by atoms with Gasteiger partial charge in [-0.25, -0.2) is 9.97 Å². The van der Waals surface area contributed by atoms with Crippen molar-refractivity contribution in [1.29, 1.82) is 0 Å². The molecule has 4 rings (SSSR count). The van der Waals surface area contributed by atoms with Crippen LogP contribution in [0.25, 0.3) is 10.8 Å². The van der Waals surface area contributed by atoms with Crippen molar-refractivity contribution in [2.24, 2.45) is 0 Å². The fourth-order valence-electron chi connectivity index (χ4n) is 3.05. The van der Waals surface area contributed by atoms with E-state index in [1.165, 1.54) is 21.9 Å². The zero-order chi connectivity index (χ0) is 16.9. The lowest BCUT2D eigenvalue weighted by atomic mass is 10.1. The minimum Gasteiger partial charge on any atom is -0.348 e. The number of halogens is 1. The number of hydrogen-bond donors (Lipinski definition) is 0. The molecule has 3 aromatic carbocycles. The van der Waals surface area contributed by atoms with E-state index in [1.807, 2.05) is 12.1 Å². The summed E-state index contributed by atoms with van der Waals surface area (Å²) in [5.41, 5.74) is 2.54. The Hall–Kier alpha value is -2.91. The van der Waals surface area contributed by atoms with Crippen LogP contribution >= 0.6 is 12.4 Å². The van der Waals surface area contributed by atoms with Gasteiger partial charge in [-0.15, -0.1) is 12.4 Å². The van der Waals surface area contributed by atoms with Crippen molar-refractivity contribution in [1.82, 2.24) is 9.97 Å². The van der Waals surface area contributed by atoms with Crippen molar-refractivity contribution in [3.63, 3.8) is 0 Å². The highest BCUT2D eigenvalue weighted by atomic mass is 35.5. The van der Waals surface area contributed by atoms with Crippen LogP contribution in [-0.2, 0) is 13.1 Å². The first-order valence-corrected chi connectivity index (χ1v) is 8.41. The third-order valence-corrected chi connectivity index (χ3v) is 4.29. The van der Waals surface area contributed by atoms with E-state index in [0.717, 1.165) is 18.9 Å². The zero-order valence-corrected chi connectivity index (χ0v) is 15.1. The highest BCUT2D eigenvalue weighted by Gasteiger charge is 2.10. The second kappa shape index (κ2) is 8.45. The number of nitrogens with zero attached hydrogens (tertiary/aromatic N) is 3. The molecule has 1 aromatic heterocycles. The maximum absolute atomic E-state index is 4.45. The number of aromatic nitrogens is 2. The number of fused-ring (bicyclic) bond motifs is 1. The maximum atomic E-state index is 4.45. The molecule has 0 atom stereocenters. The SMILES string of the molecule is Cl.c1ccc(CN(Cc2ccc3ccccc3c2)c2ccncn2)cc1. The van der Waals surface area contributed by atoms with Gasteiger partial charge in [-0.3, -0.25) is 0 Å². The minimum atomic E-state index is 0. The van der Waals surface area contributed by atoms with Crippen LogP contribution in [0.2, 0.25) is 0 Å². The van der Waals surface area contributed by atoms with E-state index >= 15 is 0 Å². The lowest BCUT2D eigenvalue weighted by Gasteiger charge is -2.24. The van der Waals surface area contributed by atoms with Gasteiger partial charge in [-0.05, 0) is 34.0 Å². The molecule has 0 aliphatic rings. The quantitative estimate of drug-likeness (QED) is 0.485. The largest absolute Gasteiger partial charge is 0.348 e. The van der Waals surface area contributed by atoms with Crippen molar-refractivity contribution < 1.29 is 0 Å². The molecule has 0 N–H and O–H groups in total. The molecule has 3 nitrogen and oxygen atoms in total. The minimum absolute atomic E-state index is 0. The fourth-order valence-corrected chi connectivity index (χ4v) is 3.05. The highest BCUT2D eigenvalue weighted by Crippen LogP contribution is 2.20. The number of rotatable bonds is 5. The molecular weight excluding hydrogens is 342 g/mol. The average molecular weight is 362 g/mol. The second-order valence-corrected chi connectivity index (χ2v) is 6.09. The van der Waals surface area contributed by atoms with Crippen molar-refractivity contribution in [3.8, 4) is 0 Å². The Morgan fingerprint density at radius 2 is 1.42 bits per heavy atom. The number of benzene rings is 3. The third-order valence-electron chi connectivity index (χ3n) is 4.29. The summed E-state index contributed by atoms with van der Waals surface area (Å²) >= 11 is 0. The first kappa shape index (κ1) is 17.9. The molecule has 0 radical (unpaired) electrons. The van der Waals surface area contributed by atoms with Crippen LogP contribution in [0.3, 0.4) is 0 Å². The molecular formula is C22H20ClN3. The Kier molecular flexibility index (Phi) is 5.82. The van der Waals surface area contributed by atoms with Gasteiger partial charge in [-0.2, -0.15) is 0 Å². The van der Waals surface area contributed by atoms with E-state index in [4.69, 9.17) is 0 Å². The van der Waals surface area contributed by atoms with E-state index in [-0.39, 0.29) is 12.4 Å². The molecule has 0 saturated heterocycles. The Morgan fingerprint density at radius 1 is 0.692 bits per heavy atom. The predicted molar refractivity (Wildman–Crippen MR) is 110 cm³/mol. The van der Waals surface area contributed by atoms with Crippen LogP contribution in [0.4, 0.5) is 5.82 Å². The van der Waals surface area contributed by atoms with Crippen LogP contribution in [0.15, 0.2) is 91.4 Å². The van der Waals surface area contributed by atoms with Crippen LogP contribution < -0.4 is 4.90 Å². The van der Waals surface area contributed by atoms with E-state index < -0.39 is 0 Å². The van der Waals surface area contributed by atoms with Gasteiger partial charge in [0.25, 0.3) is 0 Å². The summed E-state index contributed by atoms with van der Waals surface area (Å²) in [6.07, 6.45) is 3.40. The molecule has 0 fully saturated rings. The van der Waals surface area contributed by atoms with Crippen LogP contribution in [-0.4, -0.2) is 9.97 Å². The van der Waals surface area contributed by atoms with Crippen molar-refractivity contribution in [3.05, 3.63) is 103 Å². The molecule has 0 unspecified atom stereocenters. The summed E-state index contributed by atoms with van der Waals surface area (Å²) in [5, 5.41) is 2.53. The molecule has 0 amide bonds. The van der Waals surface area contributed by atoms with E-state index in [2.05, 4.69) is 81.6 Å². The van der Waals surface area contributed by atoms with E-state index in [1.54, 1.807) is 12.5 Å². The topological polar surface area (TPSA) is 29.0 Å². The summed E-state index contributed by atoms with van der Waals surface area (Å²) in [5.74, 6) is 0.937.